The fourth-order valence-corrected chi connectivity index (χ4v) is 3.60. The lowest BCUT2D eigenvalue weighted by atomic mass is 10.1. The maximum atomic E-state index is 12.3. The van der Waals surface area contributed by atoms with Crippen molar-refractivity contribution in [3.05, 3.63) is 37.9 Å². The highest BCUT2D eigenvalue weighted by Crippen LogP contribution is 2.32. The lowest BCUT2D eigenvalue weighted by molar-refractivity contribution is -0.384. The van der Waals surface area contributed by atoms with Crippen LogP contribution >= 0.6 is 35.0 Å². The van der Waals surface area contributed by atoms with E-state index in [0.29, 0.717) is 5.25 Å². The molecule has 2 atom stereocenters. The van der Waals surface area contributed by atoms with Gasteiger partial charge in [-0.15, -0.1) is 0 Å². The van der Waals surface area contributed by atoms with Crippen molar-refractivity contribution >= 4 is 46.6 Å². The van der Waals surface area contributed by atoms with Gasteiger partial charge in [-0.1, -0.05) is 23.2 Å². The summed E-state index contributed by atoms with van der Waals surface area (Å²) >= 11 is 13.6. The molecule has 1 aromatic rings. The predicted molar refractivity (Wildman–Crippen MR) is 85.5 cm³/mol. The molecule has 1 fully saturated rings. The molecule has 0 aromatic heterocycles. The molecule has 114 valence electrons. The third-order valence-corrected chi connectivity index (χ3v) is 5.42. The van der Waals surface area contributed by atoms with Crippen molar-refractivity contribution in [1.29, 1.82) is 0 Å². The number of non-ortho nitro benzene ring substituents is 1. The lowest BCUT2D eigenvalue weighted by Crippen LogP contribution is -2.33. The highest BCUT2D eigenvalue weighted by Gasteiger charge is 2.27. The second-order valence-corrected chi connectivity index (χ2v) is 6.81. The maximum absolute atomic E-state index is 12.3. The molecule has 5 nitrogen and oxygen atoms in total. The Morgan fingerprint density at radius 1 is 1.43 bits per heavy atom. The minimum Gasteiger partial charge on any atom is -0.349 e. The zero-order chi connectivity index (χ0) is 15.6. The molecular weight excluding hydrogens is 335 g/mol. The minimum absolute atomic E-state index is 0.00410. The molecule has 0 heterocycles. The number of nitrogens with one attached hydrogen (secondary N) is 1. The van der Waals surface area contributed by atoms with Gasteiger partial charge < -0.3 is 5.32 Å². The number of carbonyl (C=O) groups is 1. The van der Waals surface area contributed by atoms with E-state index in [9.17, 15) is 14.9 Å². The number of amides is 1. The van der Waals surface area contributed by atoms with Gasteiger partial charge in [0.25, 0.3) is 11.6 Å². The summed E-state index contributed by atoms with van der Waals surface area (Å²) in [7, 11) is 0. The standard InChI is InChI=1S/C13H14Cl2N2O3S/c1-21-9-3-2-7(4-9)16-13(18)10-5-8(17(19)20)6-11(14)12(10)15/h5-7,9H,2-4H2,1H3,(H,16,18). The van der Waals surface area contributed by atoms with Crippen molar-refractivity contribution in [1.82, 2.24) is 5.32 Å². The molecule has 2 rings (SSSR count). The quantitative estimate of drug-likeness (QED) is 0.661. The summed E-state index contributed by atoms with van der Waals surface area (Å²) in [6.07, 6.45) is 4.90. The second kappa shape index (κ2) is 6.85. The molecule has 1 aliphatic rings. The molecule has 0 radical (unpaired) electrons. The van der Waals surface area contributed by atoms with E-state index >= 15 is 0 Å². The van der Waals surface area contributed by atoms with E-state index in [4.69, 9.17) is 23.2 Å². The number of carbonyl (C=O) groups excluding carboxylic acids is 1. The lowest BCUT2D eigenvalue weighted by Gasteiger charge is -2.14. The monoisotopic (exact) mass is 348 g/mol. The van der Waals surface area contributed by atoms with Crippen LogP contribution < -0.4 is 5.32 Å². The van der Waals surface area contributed by atoms with Gasteiger partial charge in [-0.05, 0) is 25.5 Å². The normalized spacial score (nSPS) is 21.3. The average Bonchev–Trinajstić information content (AvgIpc) is 2.88. The number of benzene rings is 1. The molecule has 1 amide bonds. The summed E-state index contributed by atoms with van der Waals surface area (Å²) in [5.74, 6) is -0.419. The number of nitro groups is 1. The van der Waals surface area contributed by atoms with Crippen LogP contribution in [0.5, 0.6) is 0 Å². The SMILES string of the molecule is CSC1CCC(NC(=O)c2cc([N+](=O)[O-])cc(Cl)c2Cl)C1. The molecule has 1 saturated carbocycles. The number of halogens is 2. The van der Waals surface area contributed by atoms with Crippen LogP contribution in [0.4, 0.5) is 5.69 Å². The molecule has 8 heteroatoms. The Kier molecular flexibility index (Phi) is 5.35. The Labute approximate surface area is 136 Å². The van der Waals surface area contributed by atoms with Crippen LogP contribution in [0.2, 0.25) is 10.0 Å². The summed E-state index contributed by atoms with van der Waals surface area (Å²) < 4.78 is 0. The fourth-order valence-electron chi connectivity index (χ4n) is 2.39. The zero-order valence-corrected chi connectivity index (χ0v) is 13.6. The van der Waals surface area contributed by atoms with E-state index in [0.717, 1.165) is 31.4 Å². The Hall–Kier alpha value is -0.980. The molecule has 1 N–H and O–H groups in total. The van der Waals surface area contributed by atoms with Gasteiger partial charge in [0.05, 0.1) is 20.5 Å². The summed E-state index contributed by atoms with van der Waals surface area (Å²) in [6.45, 7) is 0. The number of hydrogen-bond acceptors (Lipinski definition) is 4. The topological polar surface area (TPSA) is 72.2 Å². The van der Waals surface area contributed by atoms with Gasteiger partial charge in [-0.25, -0.2) is 0 Å². The molecular formula is C13H14Cl2N2O3S. The van der Waals surface area contributed by atoms with Crippen LogP contribution in [0, 0.1) is 10.1 Å². The van der Waals surface area contributed by atoms with Gasteiger partial charge in [-0.3, -0.25) is 14.9 Å². The van der Waals surface area contributed by atoms with Gasteiger partial charge in [0.15, 0.2) is 0 Å². The van der Waals surface area contributed by atoms with E-state index < -0.39 is 10.8 Å². The third kappa shape index (κ3) is 3.81. The van der Waals surface area contributed by atoms with Gasteiger partial charge in [-0.2, -0.15) is 11.8 Å². The first kappa shape index (κ1) is 16.4. The van der Waals surface area contributed by atoms with Crippen LogP contribution in [0.1, 0.15) is 29.6 Å². The van der Waals surface area contributed by atoms with Crippen LogP contribution in [-0.4, -0.2) is 28.4 Å². The maximum Gasteiger partial charge on any atom is 0.271 e. The Balaban J connectivity index is 2.17. The molecule has 0 saturated heterocycles. The van der Waals surface area contributed by atoms with Gasteiger partial charge >= 0.3 is 0 Å². The molecule has 21 heavy (non-hydrogen) atoms. The van der Waals surface area contributed by atoms with Crippen LogP contribution in [-0.2, 0) is 0 Å². The molecule has 1 aliphatic carbocycles. The average molecular weight is 349 g/mol. The van der Waals surface area contributed by atoms with E-state index in [1.165, 1.54) is 0 Å². The first-order chi connectivity index (χ1) is 9.92. The van der Waals surface area contributed by atoms with Crippen molar-refractivity contribution < 1.29 is 9.72 Å². The molecule has 0 aliphatic heterocycles. The predicted octanol–water partition coefficient (Wildman–Crippen LogP) is 3.92. The van der Waals surface area contributed by atoms with Crippen molar-refractivity contribution in [3.63, 3.8) is 0 Å². The van der Waals surface area contributed by atoms with Crippen LogP contribution in [0.3, 0.4) is 0 Å². The second-order valence-electron chi connectivity index (χ2n) is 4.89. The summed E-state index contributed by atoms with van der Waals surface area (Å²) in [5, 5.41) is 14.3. The van der Waals surface area contributed by atoms with Crippen molar-refractivity contribution in [2.24, 2.45) is 0 Å². The van der Waals surface area contributed by atoms with Crippen molar-refractivity contribution in [3.8, 4) is 0 Å². The number of hydrogen-bond donors (Lipinski definition) is 1. The van der Waals surface area contributed by atoms with Gasteiger partial charge in [0.1, 0.15) is 0 Å². The first-order valence-electron chi connectivity index (χ1n) is 6.39. The fraction of sp³-hybridized carbons (Fsp3) is 0.462. The minimum atomic E-state index is -0.599. The largest absolute Gasteiger partial charge is 0.349 e. The van der Waals surface area contributed by atoms with E-state index in [1.54, 1.807) is 11.8 Å². The number of nitro benzene ring substituents is 1. The number of thioether (sulfide) groups is 1. The van der Waals surface area contributed by atoms with Gasteiger partial charge in [0, 0.05) is 23.4 Å². The molecule has 2 unspecified atom stereocenters. The Morgan fingerprint density at radius 3 is 2.71 bits per heavy atom. The Morgan fingerprint density at radius 2 is 2.14 bits per heavy atom. The zero-order valence-electron chi connectivity index (χ0n) is 11.3. The van der Waals surface area contributed by atoms with E-state index in [2.05, 4.69) is 5.32 Å². The van der Waals surface area contributed by atoms with Crippen LogP contribution in [0.15, 0.2) is 12.1 Å². The third-order valence-electron chi connectivity index (χ3n) is 3.52. The summed E-state index contributed by atoms with van der Waals surface area (Å²) in [5.41, 5.74) is -0.202. The van der Waals surface area contributed by atoms with E-state index in [-0.39, 0.29) is 27.3 Å². The molecule has 0 spiro atoms. The van der Waals surface area contributed by atoms with Crippen molar-refractivity contribution in [2.75, 3.05) is 6.26 Å². The molecule has 0 bridgehead atoms. The highest BCUT2D eigenvalue weighted by molar-refractivity contribution is 7.99. The highest BCUT2D eigenvalue weighted by atomic mass is 35.5. The van der Waals surface area contributed by atoms with Crippen molar-refractivity contribution in [2.45, 2.75) is 30.6 Å². The molecule has 1 aromatic carbocycles. The van der Waals surface area contributed by atoms with Gasteiger partial charge in [0.2, 0.25) is 0 Å². The van der Waals surface area contributed by atoms with Crippen LogP contribution in [0.25, 0.3) is 0 Å². The number of rotatable bonds is 4. The summed E-state index contributed by atoms with van der Waals surface area (Å²) in [6, 6.07) is 2.37. The summed E-state index contributed by atoms with van der Waals surface area (Å²) in [4.78, 5) is 22.5. The van der Waals surface area contributed by atoms with E-state index in [1.807, 2.05) is 6.26 Å². The Bertz CT molecular complexity index is 583. The number of nitrogens with zero attached hydrogens (tertiary/aromatic N) is 1. The smallest absolute Gasteiger partial charge is 0.271 e. The first-order valence-corrected chi connectivity index (χ1v) is 8.43.